The number of benzene rings is 2. The SMILES string of the molecule is CCOc1ccc(CN(C)C(=O)CCC(=O)c2ccc3c(c2)CCC3)cc1. The van der Waals surface area contributed by atoms with E-state index in [4.69, 9.17) is 4.74 Å². The van der Waals surface area contributed by atoms with Crippen LogP contribution in [0.1, 0.15) is 53.2 Å². The largest absolute Gasteiger partial charge is 0.494 e. The second-order valence-corrected chi connectivity index (χ2v) is 7.09. The van der Waals surface area contributed by atoms with E-state index in [0.717, 1.165) is 29.7 Å². The molecule has 0 saturated heterocycles. The Morgan fingerprint density at radius 2 is 1.74 bits per heavy atom. The molecule has 0 N–H and O–H groups in total. The molecule has 0 spiro atoms. The lowest BCUT2D eigenvalue weighted by atomic mass is 10.0. The van der Waals surface area contributed by atoms with Crippen LogP contribution < -0.4 is 4.74 Å². The number of nitrogens with zero attached hydrogens (tertiary/aromatic N) is 1. The molecule has 27 heavy (non-hydrogen) atoms. The number of Topliss-reactive ketones (excluding diaryl/α,β-unsaturated/α-hetero) is 1. The van der Waals surface area contributed by atoms with Crippen molar-refractivity contribution in [3.05, 3.63) is 64.7 Å². The number of carbonyl (C=O) groups excluding carboxylic acids is 2. The summed E-state index contributed by atoms with van der Waals surface area (Å²) >= 11 is 0. The summed E-state index contributed by atoms with van der Waals surface area (Å²) in [6.07, 6.45) is 3.83. The Kier molecular flexibility index (Phi) is 6.28. The van der Waals surface area contributed by atoms with Crippen molar-refractivity contribution in [3.63, 3.8) is 0 Å². The molecule has 0 heterocycles. The third-order valence-corrected chi connectivity index (χ3v) is 5.07. The predicted octanol–water partition coefficient (Wildman–Crippen LogP) is 4.20. The van der Waals surface area contributed by atoms with Crippen LogP contribution in [-0.4, -0.2) is 30.2 Å². The van der Waals surface area contributed by atoms with Gasteiger partial charge in [0.15, 0.2) is 5.78 Å². The molecule has 142 valence electrons. The van der Waals surface area contributed by atoms with Crippen LogP contribution in [0, 0.1) is 0 Å². The third kappa shape index (κ3) is 4.97. The van der Waals surface area contributed by atoms with E-state index in [1.165, 1.54) is 17.5 Å². The van der Waals surface area contributed by atoms with Crippen molar-refractivity contribution < 1.29 is 14.3 Å². The van der Waals surface area contributed by atoms with Crippen molar-refractivity contribution in [1.82, 2.24) is 4.90 Å². The standard InChI is InChI=1S/C23H27NO3/c1-3-27-21-11-7-17(8-12-21)16-24(2)23(26)14-13-22(25)20-10-9-18-5-4-6-19(18)15-20/h7-12,15H,3-6,13-14,16H2,1-2H3. The van der Waals surface area contributed by atoms with E-state index in [-0.39, 0.29) is 24.5 Å². The Hall–Kier alpha value is -2.62. The number of ether oxygens (including phenoxy) is 1. The number of amides is 1. The smallest absolute Gasteiger partial charge is 0.223 e. The van der Waals surface area contributed by atoms with E-state index in [2.05, 4.69) is 6.07 Å². The van der Waals surface area contributed by atoms with Gasteiger partial charge in [0.25, 0.3) is 0 Å². The van der Waals surface area contributed by atoms with Crippen molar-refractivity contribution in [1.29, 1.82) is 0 Å². The van der Waals surface area contributed by atoms with Gasteiger partial charge in [0.2, 0.25) is 5.91 Å². The second-order valence-electron chi connectivity index (χ2n) is 7.09. The van der Waals surface area contributed by atoms with Crippen LogP contribution in [0.15, 0.2) is 42.5 Å². The maximum absolute atomic E-state index is 12.4. The van der Waals surface area contributed by atoms with Crippen LogP contribution in [0.4, 0.5) is 0 Å². The average Bonchev–Trinajstić information content (AvgIpc) is 3.15. The first-order valence-corrected chi connectivity index (χ1v) is 9.67. The zero-order valence-electron chi connectivity index (χ0n) is 16.2. The molecule has 0 radical (unpaired) electrons. The Morgan fingerprint density at radius 3 is 2.48 bits per heavy atom. The summed E-state index contributed by atoms with van der Waals surface area (Å²) < 4.78 is 5.43. The predicted molar refractivity (Wildman–Crippen MR) is 106 cm³/mol. The van der Waals surface area contributed by atoms with Crippen LogP contribution >= 0.6 is 0 Å². The quantitative estimate of drug-likeness (QED) is 0.659. The molecular formula is C23H27NO3. The number of fused-ring (bicyclic) bond motifs is 1. The Labute approximate surface area is 161 Å². The van der Waals surface area contributed by atoms with E-state index in [9.17, 15) is 9.59 Å². The number of hydrogen-bond acceptors (Lipinski definition) is 3. The highest BCUT2D eigenvalue weighted by atomic mass is 16.5. The van der Waals surface area contributed by atoms with Gasteiger partial charge in [-0.05, 0) is 61.1 Å². The molecule has 0 saturated carbocycles. The van der Waals surface area contributed by atoms with Gasteiger partial charge < -0.3 is 9.64 Å². The van der Waals surface area contributed by atoms with Crippen molar-refractivity contribution in [3.8, 4) is 5.75 Å². The van der Waals surface area contributed by atoms with Gasteiger partial charge in [-0.25, -0.2) is 0 Å². The van der Waals surface area contributed by atoms with Gasteiger partial charge in [-0.3, -0.25) is 9.59 Å². The molecule has 2 aromatic rings. The highest BCUT2D eigenvalue weighted by molar-refractivity contribution is 5.98. The zero-order valence-corrected chi connectivity index (χ0v) is 16.2. The summed E-state index contributed by atoms with van der Waals surface area (Å²) in [5.74, 6) is 0.862. The Morgan fingerprint density at radius 1 is 1.00 bits per heavy atom. The topological polar surface area (TPSA) is 46.6 Å². The van der Waals surface area contributed by atoms with Crippen molar-refractivity contribution in [2.24, 2.45) is 0 Å². The average molecular weight is 365 g/mol. The number of rotatable bonds is 8. The molecule has 1 amide bonds. The fourth-order valence-corrected chi connectivity index (χ4v) is 3.52. The molecule has 4 heteroatoms. The Balaban J connectivity index is 1.50. The molecular weight excluding hydrogens is 338 g/mol. The minimum atomic E-state index is -0.0154. The molecule has 4 nitrogen and oxygen atoms in total. The maximum Gasteiger partial charge on any atom is 0.223 e. The van der Waals surface area contributed by atoms with E-state index >= 15 is 0 Å². The van der Waals surface area contributed by atoms with Gasteiger partial charge in [-0.2, -0.15) is 0 Å². The van der Waals surface area contributed by atoms with Gasteiger partial charge in [-0.1, -0.05) is 24.3 Å². The van der Waals surface area contributed by atoms with Crippen LogP contribution in [0.2, 0.25) is 0 Å². The Bertz CT molecular complexity index is 811. The third-order valence-electron chi connectivity index (χ3n) is 5.07. The molecule has 0 bridgehead atoms. The van der Waals surface area contributed by atoms with Gasteiger partial charge in [-0.15, -0.1) is 0 Å². The summed E-state index contributed by atoms with van der Waals surface area (Å²) in [5.41, 5.74) is 4.43. The molecule has 0 unspecified atom stereocenters. The highest BCUT2D eigenvalue weighted by Crippen LogP contribution is 2.23. The summed E-state index contributed by atoms with van der Waals surface area (Å²) in [4.78, 5) is 26.5. The van der Waals surface area contributed by atoms with Gasteiger partial charge in [0.1, 0.15) is 5.75 Å². The molecule has 1 aliphatic carbocycles. The van der Waals surface area contributed by atoms with E-state index < -0.39 is 0 Å². The highest BCUT2D eigenvalue weighted by Gasteiger charge is 2.16. The van der Waals surface area contributed by atoms with Crippen molar-refractivity contribution in [2.75, 3.05) is 13.7 Å². The number of carbonyl (C=O) groups is 2. The lowest BCUT2D eigenvalue weighted by Gasteiger charge is -2.17. The molecule has 0 aliphatic heterocycles. The molecule has 1 aliphatic rings. The summed E-state index contributed by atoms with van der Waals surface area (Å²) in [6.45, 7) is 3.11. The van der Waals surface area contributed by atoms with Crippen LogP contribution in [0.25, 0.3) is 0 Å². The van der Waals surface area contributed by atoms with Crippen LogP contribution in [0.5, 0.6) is 5.75 Å². The first-order valence-electron chi connectivity index (χ1n) is 9.67. The second kappa shape index (κ2) is 8.85. The minimum Gasteiger partial charge on any atom is -0.494 e. The minimum absolute atomic E-state index is 0.0154. The number of hydrogen-bond donors (Lipinski definition) is 0. The fraction of sp³-hybridized carbons (Fsp3) is 0.391. The van der Waals surface area contributed by atoms with Crippen molar-refractivity contribution >= 4 is 11.7 Å². The molecule has 3 rings (SSSR count). The lowest BCUT2D eigenvalue weighted by molar-refractivity contribution is -0.130. The van der Waals surface area contributed by atoms with Gasteiger partial charge in [0, 0.05) is 32.0 Å². The maximum atomic E-state index is 12.4. The fourth-order valence-electron chi connectivity index (χ4n) is 3.52. The van der Waals surface area contributed by atoms with Crippen LogP contribution in [-0.2, 0) is 24.2 Å². The van der Waals surface area contributed by atoms with Gasteiger partial charge in [0.05, 0.1) is 6.61 Å². The summed E-state index contributed by atoms with van der Waals surface area (Å²) in [7, 11) is 1.78. The van der Waals surface area contributed by atoms with Crippen LogP contribution in [0.3, 0.4) is 0 Å². The van der Waals surface area contributed by atoms with Gasteiger partial charge >= 0.3 is 0 Å². The summed E-state index contributed by atoms with van der Waals surface area (Å²) in [6, 6.07) is 13.7. The molecule has 0 atom stereocenters. The van der Waals surface area contributed by atoms with E-state index in [1.807, 2.05) is 43.3 Å². The number of ketones is 1. The normalized spacial score (nSPS) is 12.5. The first-order chi connectivity index (χ1) is 13.1. The lowest BCUT2D eigenvalue weighted by Crippen LogP contribution is -2.26. The zero-order chi connectivity index (χ0) is 19.2. The van der Waals surface area contributed by atoms with E-state index in [1.54, 1.807) is 11.9 Å². The summed E-state index contributed by atoms with van der Waals surface area (Å²) in [5, 5.41) is 0. The first kappa shape index (κ1) is 19.2. The molecule has 0 aromatic heterocycles. The molecule has 2 aromatic carbocycles. The molecule has 0 fully saturated rings. The monoisotopic (exact) mass is 365 g/mol. The van der Waals surface area contributed by atoms with Crippen molar-refractivity contribution in [2.45, 2.75) is 45.6 Å². The van der Waals surface area contributed by atoms with E-state index in [0.29, 0.717) is 13.2 Å². The number of aryl methyl sites for hydroxylation is 2.